The van der Waals surface area contributed by atoms with Crippen LogP contribution in [0.15, 0.2) is 0 Å². The zero-order chi connectivity index (χ0) is 10.9. The Morgan fingerprint density at radius 3 is 2.87 bits per heavy atom. The van der Waals surface area contributed by atoms with Crippen LogP contribution in [0.3, 0.4) is 0 Å². The quantitative estimate of drug-likeness (QED) is 0.760. The Morgan fingerprint density at radius 2 is 2.33 bits per heavy atom. The van der Waals surface area contributed by atoms with Gasteiger partial charge in [0.1, 0.15) is 5.54 Å². The molecule has 1 saturated heterocycles. The molecule has 1 saturated carbocycles. The van der Waals surface area contributed by atoms with Crippen molar-refractivity contribution in [1.82, 2.24) is 4.90 Å². The zero-order valence-electron chi connectivity index (χ0n) is 9.58. The molecule has 0 radical (unpaired) electrons. The molecule has 0 spiro atoms. The third kappa shape index (κ3) is 2.50. The number of hydrogen-bond donors (Lipinski definition) is 1. The van der Waals surface area contributed by atoms with E-state index in [0.29, 0.717) is 0 Å². The molecule has 2 N–H and O–H groups in total. The molecule has 1 aliphatic heterocycles. The average molecular weight is 207 g/mol. The van der Waals surface area contributed by atoms with E-state index in [0.717, 1.165) is 31.3 Å². The topological polar surface area (TPSA) is 53.1 Å². The summed E-state index contributed by atoms with van der Waals surface area (Å²) in [6, 6.07) is 3.01. The lowest BCUT2D eigenvalue weighted by molar-refractivity contribution is 0.206. The van der Waals surface area contributed by atoms with Gasteiger partial charge in [-0.05, 0) is 51.5 Å². The molecule has 3 unspecified atom stereocenters. The predicted octanol–water partition coefficient (Wildman–Crippen LogP) is 1.49. The molecule has 0 aromatic heterocycles. The maximum absolute atomic E-state index is 8.80. The zero-order valence-corrected chi connectivity index (χ0v) is 9.58. The number of piperidine rings is 1. The van der Waals surface area contributed by atoms with E-state index in [1.54, 1.807) is 0 Å². The van der Waals surface area contributed by atoms with E-state index in [-0.39, 0.29) is 0 Å². The summed E-state index contributed by atoms with van der Waals surface area (Å²) in [5.41, 5.74) is 5.17. The summed E-state index contributed by atoms with van der Waals surface area (Å²) in [4.78, 5) is 2.60. The van der Waals surface area contributed by atoms with Gasteiger partial charge in [0.2, 0.25) is 0 Å². The molecule has 0 aromatic rings. The minimum Gasteiger partial charge on any atom is -0.314 e. The standard InChI is InChI=1S/C12H21N3/c1-12(14,9-13)5-2-6-15-8-10-3-4-11(15)7-10/h10-11H,2-8,14H2,1H3. The smallest absolute Gasteiger partial charge is 0.101 e. The SMILES string of the molecule is CC(N)(C#N)CCCN1CC2CCC1C2. The summed E-state index contributed by atoms with van der Waals surface area (Å²) in [6.07, 6.45) is 6.12. The highest BCUT2D eigenvalue weighted by Crippen LogP contribution is 2.37. The van der Waals surface area contributed by atoms with Gasteiger partial charge in [0, 0.05) is 12.6 Å². The van der Waals surface area contributed by atoms with Gasteiger partial charge in [-0.25, -0.2) is 0 Å². The minimum atomic E-state index is -0.626. The lowest BCUT2D eigenvalue weighted by Gasteiger charge is -2.27. The van der Waals surface area contributed by atoms with E-state index in [9.17, 15) is 0 Å². The van der Waals surface area contributed by atoms with Crippen molar-refractivity contribution in [3.8, 4) is 6.07 Å². The molecular formula is C12H21N3. The van der Waals surface area contributed by atoms with Crippen LogP contribution in [0.25, 0.3) is 0 Å². The monoisotopic (exact) mass is 207 g/mol. The van der Waals surface area contributed by atoms with Crippen molar-refractivity contribution in [1.29, 1.82) is 5.26 Å². The molecule has 0 aromatic carbocycles. The van der Waals surface area contributed by atoms with E-state index < -0.39 is 5.54 Å². The highest BCUT2D eigenvalue weighted by Gasteiger charge is 2.37. The molecule has 2 fully saturated rings. The minimum absolute atomic E-state index is 0.626. The number of likely N-dealkylation sites (tertiary alicyclic amines) is 1. The van der Waals surface area contributed by atoms with Crippen LogP contribution in [0.5, 0.6) is 0 Å². The number of hydrogen-bond acceptors (Lipinski definition) is 3. The first-order chi connectivity index (χ1) is 7.11. The van der Waals surface area contributed by atoms with Crippen molar-refractivity contribution in [2.45, 2.75) is 50.6 Å². The van der Waals surface area contributed by atoms with Crippen LogP contribution in [0.4, 0.5) is 0 Å². The second-order valence-corrected chi connectivity index (χ2v) is 5.46. The first-order valence-corrected chi connectivity index (χ1v) is 6.05. The summed E-state index contributed by atoms with van der Waals surface area (Å²) in [5.74, 6) is 0.968. The number of nitriles is 1. The maximum atomic E-state index is 8.80. The van der Waals surface area contributed by atoms with E-state index in [4.69, 9.17) is 11.0 Å². The molecule has 15 heavy (non-hydrogen) atoms. The van der Waals surface area contributed by atoms with E-state index in [2.05, 4.69) is 11.0 Å². The fraction of sp³-hybridized carbons (Fsp3) is 0.917. The Kier molecular flexibility index (Phi) is 2.99. The van der Waals surface area contributed by atoms with E-state index >= 15 is 0 Å². The first-order valence-electron chi connectivity index (χ1n) is 6.05. The normalized spacial score (nSPS) is 33.9. The second-order valence-electron chi connectivity index (χ2n) is 5.46. The number of nitrogens with two attached hydrogens (primary N) is 1. The highest BCUT2D eigenvalue weighted by atomic mass is 15.2. The van der Waals surface area contributed by atoms with Gasteiger partial charge >= 0.3 is 0 Å². The fourth-order valence-electron chi connectivity index (χ4n) is 3.01. The molecule has 84 valence electrons. The molecule has 2 aliphatic rings. The number of rotatable bonds is 4. The van der Waals surface area contributed by atoms with E-state index in [1.165, 1.54) is 25.8 Å². The third-order valence-corrected chi connectivity index (χ3v) is 3.92. The largest absolute Gasteiger partial charge is 0.314 e. The average Bonchev–Trinajstić information content (AvgIpc) is 2.79. The summed E-state index contributed by atoms with van der Waals surface area (Å²) in [6.45, 7) is 4.25. The number of fused-ring (bicyclic) bond motifs is 2. The summed E-state index contributed by atoms with van der Waals surface area (Å²) in [7, 11) is 0. The first kappa shape index (κ1) is 10.9. The Hall–Kier alpha value is -0.590. The van der Waals surface area contributed by atoms with Crippen molar-refractivity contribution in [2.75, 3.05) is 13.1 Å². The van der Waals surface area contributed by atoms with Crippen molar-refractivity contribution in [3.05, 3.63) is 0 Å². The summed E-state index contributed by atoms with van der Waals surface area (Å²) >= 11 is 0. The van der Waals surface area contributed by atoms with Crippen LogP contribution >= 0.6 is 0 Å². The Balaban J connectivity index is 1.69. The highest BCUT2D eigenvalue weighted by molar-refractivity contribution is 5.01. The fourth-order valence-corrected chi connectivity index (χ4v) is 3.01. The van der Waals surface area contributed by atoms with Crippen LogP contribution in [-0.2, 0) is 0 Å². The van der Waals surface area contributed by atoms with Crippen LogP contribution < -0.4 is 5.73 Å². The molecule has 2 rings (SSSR count). The molecule has 1 heterocycles. The van der Waals surface area contributed by atoms with Crippen molar-refractivity contribution in [2.24, 2.45) is 11.7 Å². The van der Waals surface area contributed by atoms with Gasteiger partial charge in [-0.15, -0.1) is 0 Å². The molecular weight excluding hydrogens is 186 g/mol. The Bertz CT molecular complexity index is 267. The third-order valence-electron chi connectivity index (χ3n) is 3.92. The van der Waals surface area contributed by atoms with E-state index in [1.807, 2.05) is 6.92 Å². The molecule has 3 atom stereocenters. The van der Waals surface area contributed by atoms with Gasteiger partial charge in [-0.2, -0.15) is 5.26 Å². The van der Waals surface area contributed by atoms with Gasteiger partial charge in [-0.1, -0.05) is 0 Å². The van der Waals surface area contributed by atoms with Crippen LogP contribution in [0.1, 0.15) is 39.0 Å². The van der Waals surface area contributed by atoms with Crippen LogP contribution in [0, 0.1) is 17.2 Å². The van der Waals surface area contributed by atoms with Gasteiger partial charge in [0.25, 0.3) is 0 Å². The van der Waals surface area contributed by atoms with Crippen molar-refractivity contribution in [3.63, 3.8) is 0 Å². The second kappa shape index (κ2) is 4.11. The van der Waals surface area contributed by atoms with Gasteiger partial charge in [0.15, 0.2) is 0 Å². The van der Waals surface area contributed by atoms with Gasteiger partial charge < -0.3 is 10.6 Å². The molecule has 3 heteroatoms. The summed E-state index contributed by atoms with van der Waals surface area (Å²) in [5, 5.41) is 8.80. The molecule has 2 bridgehead atoms. The predicted molar refractivity (Wildman–Crippen MR) is 60.1 cm³/mol. The molecule has 3 nitrogen and oxygen atoms in total. The lowest BCUT2D eigenvalue weighted by atomic mass is 9.99. The molecule has 0 amide bonds. The lowest BCUT2D eigenvalue weighted by Crippen LogP contribution is -2.37. The maximum Gasteiger partial charge on any atom is 0.101 e. The number of nitrogens with zero attached hydrogens (tertiary/aromatic N) is 2. The Labute approximate surface area is 92.2 Å². The van der Waals surface area contributed by atoms with Crippen LogP contribution in [0.2, 0.25) is 0 Å². The van der Waals surface area contributed by atoms with Gasteiger partial charge in [-0.3, -0.25) is 0 Å². The Morgan fingerprint density at radius 1 is 1.53 bits per heavy atom. The van der Waals surface area contributed by atoms with Crippen LogP contribution in [-0.4, -0.2) is 29.6 Å². The van der Waals surface area contributed by atoms with Crippen molar-refractivity contribution < 1.29 is 0 Å². The van der Waals surface area contributed by atoms with Crippen molar-refractivity contribution >= 4 is 0 Å². The molecule has 1 aliphatic carbocycles. The van der Waals surface area contributed by atoms with Gasteiger partial charge in [0.05, 0.1) is 6.07 Å². The summed E-state index contributed by atoms with van der Waals surface area (Å²) < 4.78 is 0.